The number of esters is 1. The van der Waals surface area contributed by atoms with E-state index >= 15 is 0 Å². The van der Waals surface area contributed by atoms with Crippen molar-refractivity contribution >= 4 is 46.7 Å². The smallest absolute Gasteiger partial charge is 0.306 e. The third kappa shape index (κ3) is 10.5. The molecule has 3 amide bonds. The van der Waals surface area contributed by atoms with Gasteiger partial charge in [0.25, 0.3) is 0 Å². The van der Waals surface area contributed by atoms with Crippen LogP contribution in [0.15, 0.2) is 30.3 Å². The Morgan fingerprint density at radius 1 is 0.889 bits per heavy atom. The van der Waals surface area contributed by atoms with Gasteiger partial charge in [-0.3, -0.25) is 30.0 Å². The monoisotopic (exact) mass is 394 g/mol. The highest BCUT2D eigenvalue weighted by molar-refractivity contribution is 7.80. The van der Waals surface area contributed by atoms with Crippen molar-refractivity contribution in [3.63, 3.8) is 0 Å². The van der Waals surface area contributed by atoms with Crippen LogP contribution in [0.2, 0.25) is 0 Å². The molecule has 146 valence electrons. The summed E-state index contributed by atoms with van der Waals surface area (Å²) in [5, 5.41) is 4.85. The van der Waals surface area contributed by atoms with E-state index in [1.54, 1.807) is 31.2 Å². The predicted molar refractivity (Wildman–Crippen MR) is 102 cm³/mol. The summed E-state index contributed by atoms with van der Waals surface area (Å²) in [6.07, 6.45) is -0.231. The van der Waals surface area contributed by atoms with Gasteiger partial charge in [-0.25, -0.2) is 0 Å². The molecule has 10 heteroatoms. The van der Waals surface area contributed by atoms with E-state index in [1.807, 2.05) is 6.07 Å². The van der Waals surface area contributed by atoms with Gasteiger partial charge in [0.15, 0.2) is 5.11 Å². The molecule has 9 nitrogen and oxygen atoms in total. The van der Waals surface area contributed by atoms with Gasteiger partial charge in [-0.15, -0.1) is 0 Å². The molecule has 0 spiro atoms. The molecule has 0 unspecified atom stereocenters. The van der Waals surface area contributed by atoms with Crippen LogP contribution in [0.25, 0.3) is 0 Å². The Bertz CT molecular complexity index is 681. The minimum atomic E-state index is -0.489. The van der Waals surface area contributed by atoms with E-state index < -0.39 is 17.8 Å². The van der Waals surface area contributed by atoms with Crippen LogP contribution in [0.1, 0.15) is 32.6 Å². The number of benzene rings is 1. The first-order valence-corrected chi connectivity index (χ1v) is 8.70. The second-order valence-electron chi connectivity index (χ2n) is 5.27. The number of carbonyl (C=O) groups is 4. The molecule has 1 aromatic carbocycles. The summed E-state index contributed by atoms with van der Waals surface area (Å²) in [5.41, 5.74) is 5.27. The predicted octanol–water partition coefficient (Wildman–Crippen LogP) is 0.771. The maximum atomic E-state index is 11.7. The molecule has 0 aliphatic carbocycles. The van der Waals surface area contributed by atoms with E-state index in [4.69, 9.17) is 17.0 Å². The lowest BCUT2D eigenvalue weighted by Crippen LogP contribution is -2.48. The summed E-state index contributed by atoms with van der Waals surface area (Å²) < 4.78 is 4.70. The topological polar surface area (TPSA) is 126 Å². The normalized spacial score (nSPS) is 9.67. The highest BCUT2D eigenvalue weighted by atomic mass is 32.1. The van der Waals surface area contributed by atoms with Crippen molar-refractivity contribution in [3.05, 3.63) is 30.3 Å². The standard InChI is InChI=1S/C17H22N4O5S/c1-2-26-16(25)11-10-14(23)19-17(27)21-20-15(24)9-8-13(22)18-12-6-4-3-5-7-12/h3-7H,2,8-11H2,1H3,(H,18,22)(H,20,24)(H2,19,21,23,27). The molecule has 1 aromatic rings. The number of thiocarbonyl (C=S) groups is 1. The highest BCUT2D eigenvalue weighted by Gasteiger charge is 2.10. The highest BCUT2D eigenvalue weighted by Crippen LogP contribution is 2.05. The van der Waals surface area contributed by atoms with Gasteiger partial charge in [-0.2, -0.15) is 0 Å². The van der Waals surface area contributed by atoms with Gasteiger partial charge in [0.1, 0.15) is 0 Å². The molecule has 0 aliphatic rings. The van der Waals surface area contributed by atoms with Crippen LogP contribution in [0.4, 0.5) is 5.69 Å². The van der Waals surface area contributed by atoms with Crippen LogP contribution >= 0.6 is 12.2 Å². The average molecular weight is 394 g/mol. The average Bonchev–Trinajstić information content (AvgIpc) is 2.64. The molecule has 0 fully saturated rings. The first kappa shape index (κ1) is 22.0. The zero-order valence-electron chi connectivity index (χ0n) is 14.9. The maximum Gasteiger partial charge on any atom is 0.306 e. The van der Waals surface area contributed by atoms with Crippen molar-refractivity contribution in [2.45, 2.75) is 32.6 Å². The number of ether oxygens (including phenoxy) is 1. The van der Waals surface area contributed by atoms with Crippen LogP contribution in [0.3, 0.4) is 0 Å². The number of carbonyl (C=O) groups excluding carboxylic acids is 4. The minimum absolute atomic E-state index is 0.0128. The number of para-hydroxylation sites is 1. The van der Waals surface area contributed by atoms with Crippen molar-refractivity contribution in [1.29, 1.82) is 0 Å². The molecule has 0 heterocycles. The van der Waals surface area contributed by atoms with Gasteiger partial charge in [0.05, 0.1) is 13.0 Å². The Labute approximate surface area is 162 Å². The zero-order valence-corrected chi connectivity index (χ0v) is 15.7. The molecule has 0 bridgehead atoms. The van der Waals surface area contributed by atoms with Crippen molar-refractivity contribution in [1.82, 2.24) is 16.2 Å². The number of hydrogen-bond acceptors (Lipinski definition) is 6. The van der Waals surface area contributed by atoms with Gasteiger partial charge < -0.3 is 15.4 Å². The lowest BCUT2D eigenvalue weighted by molar-refractivity contribution is -0.144. The van der Waals surface area contributed by atoms with Gasteiger partial charge in [-0.1, -0.05) is 18.2 Å². The van der Waals surface area contributed by atoms with E-state index in [0.29, 0.717) is 5.69 Å². The van der Waals surface area contributed by atoms with Crippen molar-refractivity contribution < 1.29 is 23.9 Å². The SMILES string of the molecule is CCOC(=O)CCC(=O)NC(=S)NNC(=O)CCC(=O)Nc1ccccc1. The summed E-state index contributed by atoms with van der Waals surface area (Å²) in [4.78, 5) is 46.2. The Kier molecular flexibility index (Phi) is 10.1. The summed E-state index contributed by atoms with van der Waals surface area (Å²) in [5.74, 6) is -1.74. The molecular formula is C17H22N4O5S. The van der Waals surface area contributed by atoms with E-state index in [0.717, 1.165) is 0 Å². The lowest BCUT2D eigenvalue weighted by Gasteiger charge is -2.10. The van der Waals surface area contributed by atoms with Crippen LogP contribution in [0.5, 0.6) is 0 Å². The molecule has 0 radical (unpaired) electrons. The number of hydrogen-bond donors (Lipinski definition) is 4. The Morgan fingerprint density at radius 2 is 1.52 bits per heavy atom. The van der Waals surface area contributed by atoms with Gasteiger partial charge in [-0.05, 0) is 31.3 Å². The second kappa shape index (κ2) is 12.4. The molecule has 0 aromatic heterocycles. The third-order valence-electron chi connectivity index (χ3n) is 3.07. The molecule has 27 heavy (non-hydrogen) atoms. The molecule has 0 saturated carbocycles. The summed E-state index contributed by atoms with van der Waals surface area (Å²) in [7, 11) is 0. The Balaban J connectivity index is 2.17. The van der Waals surface area contributed by atoms with E-state index in [9.17, 15) is 19.2 Å². The molecule has 0 aliphatic heterocycles. The van der Waals surface area contributed by atoms with Crippen molar-refractivity contribution in [2.24, 2.45) is 0 Å². The first-order chi connectivity index (χ1) is 12.9. The maximum absolute atomic E-state index is 11.7. The first-order valence-electron chi connectivity index (χ1n) is 8.30. The summed E-state index contributed by atoms with van der Waals surface area (Å²) >= 11 is 4.85. The molecule has 4 N–H and O–H groups in total. The Morgan fingerprint density at radius 3 is 2.19 bits per heavy atom. The summed E-state index contributed by atoms with van der Waals surface area (Å²) in [6, 6.07) is 8.88. The molecule has 0 saturated heterocycles. The van der Waals surface area contributed by atoms with Crippen molar-refractivity contribution in [3.8, 4) is 0 Å². The van der Waals surface area contributed by atoms with Crippen LogP contribution < -0.4 is 21.5 Å². The number of amides is 3. The number of hydrazine groups is 1. The van der Waals surface area contributed by atoms with E-state index in [1.165, 1.54) is 0 Å². The molecule has 1 rings (SSSR count). The summed E-state index contributed by atoms with van der Waals surface area (Å²) in [6.45, 7) is 1.92. The van der Waals surface area contributed by atoms with Gasteiger partial charge in [0.2, 0.25) is 17.7 Å². The van der Waals surface area contributed by atoms with E-state index in [2.05, 4.69) is 21.5 Å². The van der Waals surface area contributed by atoms with Crippen LogP contribution in [0, 0.1) is 0 Å². The molecule has 0 atom stereocenters. The van der Waals surface area contributed by atoms with Crippen molar-refractivity contribution in [2.75, 3.05) is 11.9 Å². The molecular weight excluding hydrogens is 372 g/mol. The Hall–Kier alpha value is -3.01. The lowest BCUT2D eigenvalue weighted by atomic mass is 10.2. The fraction of sp³-hybridized carbons (Fsp3) is 0.353. The fourth-order valence-electron chi connectivity index (χ4n) is 1.83. The van der Waals surface area contributed by atoms with Gasteiger partial charge >= 0.3 is 5.97 Å². The van der Waals surface area contributed by atoms with Crippen LogP contribution in [-0.4, -0.2) is 35.4 Å². The third-order valence-corrected chi connectivity index (χ3v) is 3.27. The number of nitrogens with one attached hydrogen (secondary N) is 4. The number of rotatable bonds is 8. The van der Waals surface area contributed by atoms with E-state index in [-0.39, 0.29) is 43.3 Å². The number of anilines is 1. The largest absolute Gasteiger partial charge is 0.466 e. The van der Waals surface area contributed by atoms with Gasteiger partial charge in [0, 0.05) is 24.9 Å². The minimum Gasteiger partial charge on any atom is -0.466 e. The van der Waals surface area contributed by atoms with Crippen LogP contribution in [-0.2, 0) is 23.9 Å². The quantitative estimate of drug-likeness (QED) is 0.291. The second-order valence-corrected chi connectivity index (χ2v) is 5.68. The fourth-order valence-corrected chi connectivity index (χ4v) is 2.00. The zero-order chi connectivity index (χ0) is 20.1.